The first kappa shape index (κ1) is 12.6. The zero-order valence-electron chi connectivity index (χ0n) is 10.7. The van der Waals surface area contributed by atoms with Crippen LogP contribution in [-0.4, -0.2) is 20.5 Å². The molecule has 2 heterocycles. The van der Waals surface area contributed by atoms with Crippen molar-refractivity contribution >= 4 is 20.7 Å². The zero-order chi connectivity index (χ0) is 14.2. The molecule has 0 spiro atoms. The predicted octanol–water partition coefficient (Wildman–Crippen LogP) is 1.41. The normalized spacial score (nSPS) is 14.6. The van der Waals surface area contributed by atoms with Crippen molar-refractivity contribution in [1.29, 1.82) is 0 Å². The molecular formula is C13H13N3O3S. The Hall–Kier alpha value is -2.41. The Bertz CT molecular complexity index is 818. The fraction of sp³-hybridized carbons (Fsp3) is 0.0769. The fourth-order valence-electron chi connectivity index (χ4n) is 1.97. The van der Waals surface area contributed by atoms with Crippen molar-refractivity contribution in [2.24, 2.45) is 0 Å². The number of rotatable bonds is 3. The summed E-state index contributed by atoms with van der Waals surface area (Å²) in [5.41, 5.74) is 6.01. The summed E-state index contributed by atoms with van der Waals surface area (Å²) in [6.45, 7) is 0. The molecule has 0 saturated heterocycles. The number of hydrogen-bond acceptors (Lipinski definition) is 5. The third-order valence-electron chi connectivity index (χ3n) is 3.00. The van der Waals surface area contributed by atoms with E-state index >= 15 is 0 Å². The summed E-state index contributed by atoms with van der Waals surface area (Å²) in [6.07, 6.45) is 4.72. The van der Waals surface area contributed by atoms with Gasteiger partial charge in [0.25, 0.3) is 0 Å². The molecule has 0 fully saturated rings. The van der Waals surface area contributed by atoms with Crippen molar-refractivity contribution in [3.05, 3.63) is 47.6 Å². The van der Waals surface area contributed by atoms with Crippen molar-refractivity contribution in [3.8, 4) is 5.75 Å². The van der Waals surface area contributed by atoms with Gasteiger partial charge in [0.05, 0.1) is 7.11 Å². The molecule has 0 radical (unpaired) electrons. The van der Waals surface area contributed by atoms with E-state index in [1.807, 2.05) is 0 Å². The molecular weight excluding hydrogens is 278 g/mol. The van der Waals surface area contributed by atoms with Gasteiger partial charge in [-0.25, -0.2) is 8.42 Å². The Morgan fingerprint density at radius 2 is 2.05 bits per heavy atom. The number of nitrogens with one attached hydrogen (secondary N) is 3. The Morgan fingerprint density at radius 3 is 2.75 bits per heavy atom. The Morgan fingerprint density at radius 1 is 1.20 bits per heavy atom. The smallest absolute Gasteiger partial charge is 0.238 e. The maximum atomic E-state index is 12.4. The lowest BCUT2D eigenvalue weighted by Gasteiger charge is -2.12. The maximum Gasteiger partial charge on any atom is 0.238 e. The SMILES string of the molecule is COc1ccc2[nH]c(S(=O)(=O)C3=CC=CNN3)cc2c1. The lowest BCUT2D eigenvalue weighted by atomic mass is 10.2. The molecule has 7 heteroatoms. The number of benzene rings is 1. The van der Waals surface area contributed by atoms with Gasteiger partial charge in [0.1, 0.15) is 10.8 Å². The van der Waals surface area contributed by atoms with Crippen molar-refractivity contribution in [1.82, 2.24) is 15.8 Å². The van der Waals surface area contributed by atoms with Crippen LogP contribution in [-0.2, 0) is 9.84 Å². The molecule has 3 N–H and O–H groups in total. The quantitative estimate of drug-likeness (QED) is 0.796. The van der Waals surface area contributed by atoms with Crippen molar-refractivity contribution in [2.75, 3.05) is 7.11 Å². The lowest BCUT2D eigenvalue weighted by molar-refractivity contribution is 0.415. The van der Waals surface area contributed by atoms with Gasteiger partial charge < -0.3 is 15.1 Å². The topological polar surface area (TPSA) is 83.2 Å². The third kappa shape index (κ3) is 2.01. The largest absolute Gasteiger partial charge is 0.497 e. The molecule has 0 bridgehead atoms. The average Bonchev–Trinajstić information content (AvgIpc) is 2.91. The molecule has 104 valence electrons. The molecule has 0 saturated carbocycles. The Kier molecular flexibility index (Phi) is 2.90. The van der Waals surface area contributed by atoms with Gasteiger partial charge in [-0.05, 0) is 36.4 Å². The van der Waals surface area contributed by atoms with Gasteiger partial charge in [0.15, 0.2) is 5.03 Å². The number of fused-ring (bicyclic) bond motifs is 1. The molecule has 0 unspecified atom stereocenters. The number of aromatic nitrogens is 1. The summed E-state index contributed by atoms with van der Waals surface area (Å²) in [4.78, 5) is 2.91. The molecule has 1 aliphatic heterocycles. The first-order valence-corrected chi connectivity index (χ1v) is 7.40. The monoisotopic (exact) mass is 291 g/mol. The summed E-state index contributed by atoms with van der Waals surface area (Å²) >= 11 is 0. The summed E-state index contributed by atoms with van der Waals surface area (Å²) in [5, 5.41) is 1.01. The second-order valence-electron chi connectivity index (χ2n) is 4.25. The van der Waals surface area contributed by atoms with E-state index in [2.05, 4.69) is 15.8 Å². The minimum atomic E-state index is -3.60. The van der Waals surface area contributed by atoms with Crippen LogP contribution in [0.2, 0.25) is 0 Å². The summed E-state index contributed by atoms with van der Waals surface area (Å²) in [6, 6.07) is 6.94. The van der Waals surface area contributed by atoms with Crippen LogP contribution in [0.5, 0.6) is 5.75 Å². The predicted molar refractivity (Wildman–Crippen MR) is 75.5 cm³/mol. The van der Waals surface area contributed by atoms with Crippen molar-refractivity contribution in [2.45, 2.75) is 5.03 Å². The van der Waals surface area contributed by atoms with Gasteiger partial charge in [-0.3, -0.25) is 5.43 Å². The van der Waals surface area contributed by atoms with Gasteiger partial charge in [0.2, 0.25) is 9.84 Å². The van der Waals surface area contributed by atoms with Gasteiger partial charge in [-0.1, -0.05) is 0 Å². The minimum Gasteiger partial charge on any atom is -0.497 e. The summed E-state index contributed by atoms with van der Waals surface area (Å²) < 4.78 is 30.0. The summed E-state index contributed by atoms with van der Waals surface area (Å²) in [7, 11) is -2.03. The lowest BCUT2D eigenvalue weighted by Crippen LogP contribution is -2.32. The molecule has 6 nitrogen and oxygen atoms in total. The molecule has 20 heavy (non-hydrogen) atoms. The van der Waals surface area contributed by atoms with E-state index in [4.69, 9.17) is 4.74 Å². The average molecular weight is 291 g/mol. The third-order valence-corrected chi connectivity index (χ3v) is 4.62. The highest BCUT2D eigenvalue weighted by molar-refractivity contribution is 7.95. The second-order valence-corrected chi connectivity index (χ2v) is 6.14. The van der Waals surface area contributed by atoms with E-state index in [1.54, 1.807) is 43.7 Å². The number of ether oxygens (including phenoxy) is 1. The van der Waals surface area contributed by atoms with Crippen LogP contribution in [0.15, 0.2) is 52.7 Å². The van der Waals surface area contributed by atoms with Crippen molar-refractivity contribution < 1.29 is 13.2 Å². The molecule has 3 rings (SSSR count). The van der Waals surface area contributed by atoms with Crippen LogP contribution in [0.3, 0.4) is 0 Å². The molecule has 1 aromatic carbocycles. The first-order chi connectivity index (χ1) is 9.61. The van der Waals surface area contributed by atoms with Gasteiger partial charge >= 0.3 is 0 Å². The molecule has 1 aliphatic rings. The van der Waals surface area contributed by atoms with Gasteiger partial charge in [-0.15, -0.1) is 0 Å². The number of sulfone groups is 1. The van der Waals surface area contributed by atoms with E-state index in [-0.39, 0.29) is 10.1 Å². The zero-order valence-corrected chi connectivity index (χ0v) is 11.5. The van der Waals surface area contributed by atoms with Gasteiger partial charge in [-0.2, -0.15) is 0 Å². The van der Waals surface area contributed by atoms with Crippen LogP contribution in [0.25, 0.3) is 10.9 Å². The highest BCUT2D eigenvalue weighted by atomic mass is 32.2. The van der Waals surface area contributed by atoms with Crippen molar-refractivity contribution in [3.63, 3.8) is 0 Å². The van der Waals surface area contributed by atoms with Crippen LogP contribution in [0, 0.1) is 0 Å². The van der Waals surface area contributed by atoms with Crippen LogP contribution in [0.1, 0.15) is 0 Å². The molecule has 1 aromatic heterocycles. The first-order valence-electron chi connectivity index (χ1n) is 5.91. The number of methoxy groups -OCH3 is 1. The second kappa shape index (κ2) is 4.61. The highest BCUT2D eigenvalue weighted by Gasteiger charge is 2.23. The number of hydrazine groups is 1. The van der Waals surface area contributed by atoms with E-state index in [9.17, 15) is 8.42 Å². The van der Waals surface area contributed by atoms with Crippen LogP contribution >= 0.6 is 0 Å². The van der Waals surface area contributed by atoms with E-state index in [0.717, 1.165) is 10.9 Å². The summed E-state index contributed by atoms with van der Waals surface area (Å²) in [5.74, 6) is 0.681. The van der Waals surface area contributed by atoms with Crippen LogP contribution < -0.4 is 15.6 Å². The molecule has 0 aliphatic carbocycles. The van der Waals surface area contributed by atoms with Gasteiger partial charge in [0, 0.05) is 17.1 Å². The molecule has 0 atom stereocenters. The standard InChI is InChI=1S/C13H13N3O3S/c1-19-10-4-5-11-9(7-10)8-13(15-11)20(17,18)12-3-2-6-14-16-12/h2-8,14-16H,1H3. The Balaban J connectivity index is 2.10. The molecule has 2 aromatic rings. The Labute approximate surface area is 116 Å². The fourth-order valence-corrected chi connectivity index (χ4v) is 3.18. The minimum absolute atomic E-state index is 0.0959. The highest BCUT2D eigenvalue weighted by Crippen LogP contribution is 2.26. The maximum absolute atomic E-state index is 12.4. The number of H-pyrrole nitrogens is 1. The number of allylic oxidation sites excluding steroid dienone is 2. The number of hydrogen-bond donors (Lipinski definition) is 3. The van der Waals surface area contributed by atoms with E-state index < -0.39 is 9.84 Å². The molecule has 0 amide bonds. The van der Waals surface area contributed by atoms with E-state index in [0.29, 0.717) is 5.75 Å². The van der Waals surface area contributed by atoms with Crippen LogP contribution in [0.4, 0.5) is 0 Å². The van der Waals surface area contributed by atoms with E-state index in [1.165, 1.54) is 6.08 Å². The number of aromatic amines is 1.